The predicted octanol–water partition coefficient (Wildman–Crippen LogP) is 3.06. The first-order valence-electron chi connectivity index (χ1n) is 11.2. The van der Waals surface area contributed by atoms with Crippen molar-refractivity contribution in [2.75, 3.05) is 13.2 Å². The molecule has 3 fully saturated rings. The molecule has 2 amide bonds. The van der Waals surface area contributed by atoms with Crippen LogP contribution >= 0.6 is 0 Å². The van der Waals surface area contributed by atoms with Crippen LogP contribution in [-0.2, 0) is 20.7 Å². The van der Waals surface area contributed by atoms with Gasteiger partial charge in [-0.05, 0) is 56.6 Å². The molecule has 1 aromatic heterocycles. The molecule has 0 aromatic carbocycles. The summed E-state index contributed by atoms with van der Waals surface area (Å²) in [5.41, 5.74) is 0.377. The topological polar surface area (TPSA) is 71.5 Å². The molecule has 1 aromatic rings. The molecule has 2 heterocycles. The summed E-state index contributed by atoms with van der Waals surface area (Å²) in [5, 5.41) is 3.03. The van der Waals surface area contributed by atoms with E-state index in [0.717, 1.165) is 57.1 Å². The van der Waals surface area contributed by atoms with Gasteiger partial charge in [-0.15, -0.1) is 0 Å². The average Bonchev–Trinajstić information content (AvgIpc) is 3.39. The highest BCUT2D eigenvalue weighted by Crippen LogP contribution is 2.44. The second-order valence-corrected chi connectivity index (χ2v) is 9.01. The minimum Gasteiger partial charge on any atom is -0.354 e. The third kappa shape index (κ3) is 4.32. The molecule has 2 saturated carbocycles. The molecule has 2 aliphatic carbocycles. The molecule has 1 N–H and O–H groups in total. The Morgan fingerprint density at radius 2 is 1.97 bits per heavy atom. The van der Waals surface area contributed by atoms with E-state index in [4.69, 9.17) is 4.74 Å². The number of nitrogens with zero attached hydrogens (tertiary/aromatic N) is 2. The van der Waals surface area contributed by atoms with Gasteiger partial charge in [0.15, 0.2) is 0 Å². The summed E-state index contributed by atoms with van der Waals surface area (Å²) < 4.78 is 6.25. The lowest BCUT2D eigenvalue weighted by molar-refractivity contribution is -0.165. The molecular formula is C23H33N3O3. The van der Waals surface area contributed by atoms with Crippen LogP contribution in [0.25, 0.3) is 0 Å². The zero-order valence-corrected chi connectivity index (χ0v) is 17.4. The fraction of sp³-hybridized carbons (Fsp3) is 0.696. The van der Waals surface area contributed by atoms with Gasteiger partial charge >= 0.3 is 0 Å². The Labute approximate surface area is 173 Å². The number of hydrogen-bond donors (Lipinski definition) is 1. The highest BCUT2D eigenvalue weighted by Gasteiger charge is 2.54. The molecule has 1 spiro atoms. The van der Waals surface area contributed by atoms with Gasteiger partial charge in [0.25, 0.3) is 0 Å². The summed E-state index contributed by atoms with van der Waals surface area (Å²) in [6, 6.07) is 5.28. The van der Waals surface area contributed by atoms with Crippen molar-refractivity contribution in [3.63, 3.8) is 0 Å². The van der Waals surface area contributed by atoms with Crippen LogP contribution in [0.5, 0.6) is 0 Å². The van der Waals surface area contributed by atoms with Crippen molar-refractivity contribution in [1.82, 2.24) is 15.2 Å². The van der Waals surface area contributed by atoms with Gasteiger partial charge in [0, 0.05) is 30.8 Å². The van der Waals surface area contributed by atoms with Gasteiger partial charge in [0.2, 0.25) is 11.8 Å². The Morgan fingerprint density at radius 1 is 1.21 bits per heavy atom. The third-order valence-corrected chi connectivity index (χ3v) is 6.97. The number of carbonyl (C=O) groups is 2. The van der Waals surface area contributed by atoms with Gasteiger partial charge in [0.05, 0.1) is 6.61 Å². The van der Waals surface area contributed by atoms with Crippen molar-refractivity contribution in [3.8, 4) is 0 Å². The maximum atomic E-state index is 13.5. The van der Waals surface area contributed by atoms with Crippen molar-refractivity contribution in [1.29, 1.82) is 0 Å². The largest absolute Gasteiger partial charge is 0.354 e. The van der Waals surface area contributed by atoms with Gasteiger partial charge in [-0.2, -0.15) is 0 Å². The van der Waals surface area contributed by atoms with Crippen LogP contribution in [0.4, 0.5) is 0 Å². The molecule has 6 heteroatoms. The van der Waals surface area contributed by atoms with Crippen LogP contribution in [-0.4, -0.2) is 46.6 Å². The highest BCUT2D eigenvalue weighted by molar-refractivity contribution is 5.89. The van der Waals surface area contributed by atoms with Crippen LogP contribution in [0.1, 0.15) is 64.0 Å². The Balaban J connectivity index is 1.45. The number of aromatic nitrogens is 1. The van der Waals surface area contributed by atoms with Crippen LogP contribution in [0.15, 0.2) is 24.4 Å². The standard InChI is InChI=1S/C23H33N3O3/c1-17-9-12-23(13-10-17)26(22(28)18-6-2-3-7-18)20(16-29-23)21(27)25-15-11-19-8-4-5-14-24-19/h4-5,8,14,17-18,20H,2-3,6-7,9-13,15-16H2,1H3,(H,25,27). The maximum absolute atomic E-state index is 13.5. The number of nitrogens with one attached hydrogen (secondary N) is 1. The second kappa shape index (κ2) is 8.82. The lowest BCUT2D eigenvalue weighted by Crippen LogP contribution is -2.58. The van der Waals surface area contributed by atoms with E-state index in [0.29, 0.717) is 25.5 Å². The smallest absolute Gasteiger partial charge is 0.245 e. The molecule has 4 rings (SSSR count). The van der Waals surface area contributed by atoms with Crippen molar-refractivity contribution in [2.45, 2.75) is 76.5 Å². The summed E-state index contributed by atoms with van der Waals surface area (Å²) >= 11 is 0. The molecule has 158 valence electrons. The molecule has 0 radical (unpaired) electrons. The predicted molar refractivity (Wildman–Crippen MR) is 110 cm³/mol. The Hall–Kier alpha value is -1.95. The highest BCUT2D eigenvalue weighted by atomic mass is 16.5. The van der Waals surface area contributed by atoms with E-state index in [1.807, 2.05) is 23.1 Å². The minimum absolute atomic E-state index is 0.0525. The van der Waals surface area contributed by atoms with Gasteiger partial charge < -0.3 is 10.1 Å². The minimum atomic E-state index is -0.574. The van der Waals surface area contributed by atoms with Crippen LogP contribution in [0.2, 0.25) is 0 Å². The van der Waals surface area contributed by atoms with Crippen molar-refractivity contribution >= 4 is 11.8 Å². The fourth-order valence-electron chi connectivity index (χ4n) is 5.15. The number of amides is 2. The average molecular weight is 400 g/mol. The SMILES string of the molecule is CC1CCC2(CC1)OCC(C(=O)NCCc1ccccn1)N2C(=O)C1CCCC1. The number of hydrogen-bond acceptors (Lipinski definition) is 4. The first-order chi connectivity index (χ1) is 14.1. The number of ether oxygens (including phenoxy) is 1. The lowest BCUT2D eigenvalue weighted by Gasteiger charge is -2.43. The molecule has 1 unspecified atom stereocenters. The lowest BCUT2D eigenvalue weighted by atomic mass is 9.83. The van der Waals surface area contributed by atoms with Crippen molar-refractivity contribution < 1.29 is 14.3 Å². The summed E-state index contributed by atoms with van der Waals surface area (Å²) in [6.45, 7) is 3.08. The Kier molecular flexibility index (Phi) is 6.18. The first-order valence-corrected chi connectivity index (χ1v) is 11.2. The van der Waals surface area contributed by atoms with Gasteiger partial charge in [-0.1, -0.05) is 25.8 Å². The van der Waals surface area contributed by atoms with E-state index in [1.54, 1.807) is 6.20 Å². The summed E-state index contributed by atoms with van der Waals surface area (Å²) in [6.07, 6.45) is 10.3. The number of pyridine rings is 1. The molecule has 6 nitrogen and oxygen atoms in total. The normalized spacial score (nSPS) is 30.0. The zero-order valence-electron chi connectivity index (χ0n) is 17.4. The van der Waals surface area contributed by atoms with E-state index in [1.165, 1.54) is 0 Å². The second-order valence-electron chi connectivity index (χ2n) is 9.01. The fourth-order valence-corrected chi connectivity index (χ4v) is 5.15. The summed E-state index contributed by atoms with van der Waals surface area (Å²) in [5.74, 6) is 0.748. The van der Waals surface area contributed by atoms with Gasteiger partial charge in [0.1, 0.15) is 11.8 Å². The van der Waals surface area contributed by atoms with E-state index >= 15 is 0 Å². The van der Waals surface area contributed by atoms with Crippen LogP contribution < -0.4 is 5.32 Å². The quantitative estimate of drug-likeness (QED) is 0.826. The zero-order chi connectivity index (χ0) is 20.3. The molecule has 0 bridgehead atoms. The van der Waals surface area contributed by atoms with E-state index in [2.05, 4.69) is 17.2 Å². The summed E-state index contributed by atoms with van der Waals surface area (Å²) in [4.78, 5) is 32.7. The monoisotopic (exact) mass is 399 g/mol. The summed E-state index contributed by atoms with van der Waals surface area (Å²) in [7, 11) is 0. The Bertz CT molecular complexity index is 709. The molecule has 29 heavy (non-hydrogen) atoms. The van der Waals surface area contributed by atoms with E-state index in [-0.39, 0.29) is 17.7 Å². The first kappa shape index (κ1) is 20.3. The molecule has 1 aliphatic heterocycles. The molecule has 1 atom stereocenters. The van der Waals surface area contributed by atoms with E-state index < -0.39 is 11.8 Å². The molecule has 1 saturated heterocycles. The maximum Gasteiger partial charge on any atom is 0.245 e. The van der Waals surface area contributed by atoms with Crippen molar-refractivity contribution in [2.24, 2.45) is 11.8 Å². The van der Waals surface area contributed by atoms with Gasteiger partial charge in [-0.3, -0.25) is 19.5 Å². The van der Waals surface area contributed by atoms with Crippen LogP contribution in [0.3, 0.4) is 0 Å². The third-order valence-electron chi connectivity index (χ3n) is 6.97. The molecular weight excluding hydrogens is 366 g/mol. The van der Waals surface area contributed by atoms with E-state index in [9.17, 15) is 9.59 Å². The number of carbonyl (C=O) groups excluding carboxylic acids is 2. The van der Waals surface area contributed by atoms with Crippen LogP contribution in [0, 0.1) is 11.8 Å². The number of rotatable bonds is 5. The Morgan fingerprint density at radius 3 is 2.66 bits per heavy atom. The molecule has 3 aliphatic rings. The van der Waals surface area contributed by atoms with Gasteiger partial charge in [-0.25, -0.2) is 0 Å². The van der Waals surface area contributed by atoms with Crippen molar-refractivity contribution in [3.05, 3.63) is 30.1 Å².